The number of aliphatic hydroxyl groups excluding tert-OH is 4. The Labute approximate surface area is 179 Å². The largest absolute Gasteiger partial charge is 0.460 e. The molecule has 1 saturated heterocycles. The van der Waals surface area contributed by atoms with Gasteiger partial charge in [0.1, 0.15) is 35.4 Å². The fraction of sp³-hybridized carbons (Fsp3) is 0.455. The number of aryl methyl sites for hydroxylation is 2. The van der Waals surface area contributed by atoms with Crippen LogP contribution in [0.15, 0.2) is 36.4 Å². The van der Waals surface area contributed by atoms with Gasteiger partial charge in [0.05, 0.1) is 13.2 Å². The summed E-state index contributed by atoms with van der Waals surface area (Å²) < 4.78 is 13.1. The van der Waals surface area contributed by atoms with E-state index in [1.165, 1.54) is 5.56 Å². The Hall–Kier alpha value is -2.56. The molecular formula is C22H27N3O6. The van der Waals surface area contributed by atoms with Gasteiger partial charge in [-0.25, -0.2) is 4.68 Å². The van der Waals surface area contributed by atoms with E-state index in [9.17, 15) is 20.4 Å². The number of ether oxygens (including phenoxy) is 2. The lowest BCUT2D eigenvalue weighted by Crippen LogP contribution is -2.60. The van der Waals surface area contributed by atoms with Gasteiger partial charge in [0, 0.05) is 0 Å². The second-order valence-corrected chi connectivity index (χ2v) is 7.86. The van der Waals surface area contributed by atoms with Crippen LogP contribution in [0.3, 0.4) is 0 Å². The molecule has 1 aliphatic rings. The first-order chi connectivity index (χ1) is 14.9. The summed E-state index contributed by atoms with van der Waals surface area (Å²) in [6, 6.07) is 11.9. The summed E-state index contributed by atoms with van der Waals surface area (Å²) in [5, 5.41) is 48.3. The van der Waals surface area contributed by atoms with Crippen LogP contribution in [0, 0.1) is 6.92 Å². The molecule has 2 heterocycles. The molecule has 166 valence electrons. The number of fused-ring (bicyclic) bond motifs is 1. The van der Waals surface area contributed by atoms with E-state index in [0.29, 0.717) is 23.3 Å². The molecule has 1 aromatic heterocycles. The second-order valence-electron chi connectivity index (χ2n) is 7.86. The van der Waals surface area contributed by atoms with Gasteiger partial charge in [0.15, 0.2) is 5.75 Å². The molecule has 1 fully saturated rings. The third-order valence-corrected chi connectivity index (χ3v) is 5.57. The minimum atomic E-state index is -1.52. The highest BCUT2D eigenvalue weighted by Gasteiger charge is 2.45. The fourth-order valence-corrected chi connectivity index (χ4v) is 3.75. The van der Waals surface area contributed by atoms with Crippen LogP contribution in [0.1, 0.15) is 23.6 Å². The van der Waals surface area contributed by atoms with Crippen LogP contribution in [-0.2, 0) is 17.7 Å². The minimum absolute atomic E-state index is 0.370. The maximum absolute atomic E-state index is 10.3. The van der Waals surface area contributed by atoms with Crippen LogP contribution >= 0.6 is 0 Å². The number of benzene rings is 2. The lowest BCUT2D eigenvalue weighted by atomic mass is 9.99. The van der Waals surface area contributed by atoms with E-state index in [-0.39, 0.29) is 0 Å². The summed E-state index contributed by atoms with van der Waals surface area (Å²) in [6.07, 6.45) is -5.84. The second kappa shape index (κ2) is 8.89. The van der Waals surface area contributed by atoms with Gasteiger partial charge in [-0.3, -0.25) is 0 Å². The van der Waals surface area contributed by atoms with Gasteiger partial charge in [0.25, 0.3) is 0 Å². The highest BCUT2D eigenvalue weighted by Crippen LogP contribution is 2.31. The van der Waals surface area contributed by atoms with Crippen LogP contribution in [-0.4, -0.2) is 72.7 Å². The Kier molecular flexibility index (Phi) is 6.22. The normalized spacial score (nSPS) is 26.3. The highest BCUT2D eigenvalue weighted by atomic mass is 16.7. The van der Waals surface area contributed by atoms with Crippen LogP contribution < -0.4 is 4.74 Å². The summed E-state index contributed by atoms with van der Waals surface area (Å²) in [7, 11) is 0. The molecular weight excluding hydrogens is 402 g/mol. The van der Waals surface area contributed by atoms with Crippen molar-refractivity contribution in [1.82, 2.24) is 15.0 Å². The zero-order chi connectivity index (χ0) is 22.1. The molecule has 4 N–H and O–H groups in total. The van der Waals surface area contributed by atoms with Gasteiger partial charge in [-0.15, -0.1) is 5.10 Å². The van der Waals surface area contributed by atoms with Crippen molar-refractivity contribution >= 4 is 11.0 Å². The van der Waals surface area contributed by atoms with Crippen molar-refractivity contribution in [2.45, 2.75) is 57.5 Å². The summed E-state index contributed by atoms with van der Waals surface area (Å²) >= 11 is 0. The predicted octanol–water partition coefficient (Wildman–Crippen LogP) is 0.529. The molecule has 31 heavy (non-hydrogen) atoms. The van der Waals surface area contributed by atoms with Crippen molar-refractivity contribution in [3.63, 3.8) is 0 Å². The van der Waals surface area contributed by atoms with Crippen LogP contribution in [0.4, 0.5) is 0 Å². The maximum atomic E-state index is 10.3. The van der Waals surface area contributed by atoms with Gasteiger partial charge >= 0.3 is 0 Å². The lowest BCUT2D eigenvalue weighted by molar-refractivity contribution is -0.277. The van der Waals surface area contributed by atoms with E-state index in [0.717, 1.165) is 17.5 Å². The van der Waals surface area contributed by atoms with Crippen LogP contribution in [0.25, 0.3) is 11.0 Å². The predicted molar refractivity (Wildman–Crippen MR) is 112 cm³/mol. The summed E-state index contributed by atoms with van der Waals surface area (Å²) in [5.41, 5.74) is 4.39. The Bertz CT molecular complexity index is 1040. The summed E-state index contributed by atoms with van der Waals surface area (Å²) in [5.74, 6) is 0.370. The Morgan fingerprint density at radius 1 is 1.03 bits per heavy atom. The molecule has 4 rings (SSSR count). The zero-order valence-corrected chi connectivity index (χ0v) is 17.4. The van der Waals surface area contributed by atoms with Crippen LogP contribution in [0.5, 0.6) is 5.75 Å². The Morgan fingerprint density at radius 3 is 2.42 bits per heavy atom. The molecule has 2 aromatic carbocycles. The summed E-state index contributed by atoms with van der Waals surface area (Å²) in [6.45, 7) is 3.92. The molecule has 0 saturated carbocycles. The molecule has 9 heteroatoms. The van der Waals surface area contributed by atoms with Crippen LogP contribution in [0.2, 0.25) is 0 Å². The number of aliphatic hydroxyl groups is 4. The number of hydrogen-bond donors (Lipinski definition) is 4. The van der Waals surface area contributed by atoms with Crippen molar-refractivity contribution in [2.75, 3.05) is 6.61 Å². The summed E-state index contributed by atoms with van der Waals surface area (Å²) in [4.78, 5) is 0. The topological polar surface area (TPSA) is 130 Å². The first kappa shape index (κ1) is 21.7. The van der Waals surface area contributed by atoms with Gasteiger partial charge in [-0.05, 0) is 42.2 Å². The first-order valence-electron chi connectivity index (χ1n) is 10.3. The van der Waals surface area contributed by atoms with Crippen molar-refractivity contribution in [3.05, 3.63) is 53.1 Å². The quantitative estimate of drug-likeness (QED) is 0.446. The fourth-order valence-electron chi connectivity index (χ4n) is 3.75. The molecule has 3 aromatic rings. The van der Waals surface area contributed by atoms with E-state index < -0.39 is 37.3 Å². The number of aromatic nitrogens is 3. The highest BCUT2D eigenvalue weighted by molar-refractivity contribution is 5.82. The molecule has 0 spiro atoms. The van der Waals surface area contributed by atoms with E-state index in [2.05, 4.69) is 29.4 Å². The number of nitrogens with zero attached hydrogens (tertiary/aromatic N) is 3. The molecule has 0 aliphatic carbocycles. The monoisotopic (exact) mass is 429 g/mol. The van der Waals surface area contributed by atoms with E-state index in [4.69, 9.17) is 9.47 Å². The third kappa shape index (κ3) is 4.28. The van der Waals surface area contributed by atoms with Crippen molar-refractivity contribution in [3.8, 4) is 5.75 Å². The van der Waals surface area contributed by atoms with Gasteiger partial charge in [0.2, 0.25) is 6.29 Å². The molecule has 0 bridgehead atoms. The minimum Gasteiger partial charge on any atom is -0.460 e. The molecule has 5 unspecified atom stereocenters. The Balaban J connectivity index is 1.66. The van der Waals surface area contributed by atoms with Crippen molar-refractivity contribution in [1.29, 1.82) is 0 Å². The molecule has 0 amide bonds. The van der Waals surface area contributed by atoms with Crippen molar-refractivity contribution < 1.29 is 29.9 Å². The smallest absolute Gasteiger partial charge is 0.229 e. The van der Waals surface area contributed by atoms with E-state index in [1.807, 2.05) is 25.1 Å². The zero-order valence-electron chi connectivity index (χ0n) is 17.4. The van der Waals surface area contributed by atoms with E-state index in [1.54, 1.807) is 10.7 Å². The molecule has 0 radical (unpaired) electrons. The average Bonchev–Trinajstić information content (AvgIpc) is 3.17. The van der Waals surface area contributed by atoms with Gasteiger partial charge in [-0.2, -0.15) is 0 Å². The van der Waals surface area contributed by atoms with E-state index >= 15 is 0 Å². The third-order valence-electron chi connectivity index (χ3n) is 5.57. The molecule has 1 aliphatic heterocycles. The van der Waals surface area contributed by atoms with Crippen molar-refractivity contribution in [2.24, 2.45) is 0 Å². The molecule has 9 nitrogen and oxygen atoms in total. The maximum Gasteiger partial charge on any atom is 0.229 e. The number of hydrogen-bond acceptors (Lipinski definition) is 8. The standard InChI is InChI=1S/C22H27N3O6/c1-3-13-4-6-14(7-5-13)10-25-18-15(23-24-25)8-12(2)9-16(18)30-22-21(29)20(28)19(27)17(11-26)31-22/h4-9,17,19-22,26-29H,3,10-11H2,1-2H3. The SMILES string of the molecule is CCc1ccc(Cn2nnc3cc(C)cc(OC4OC(CO)C(O)C(O)C4O)c32)cc1. The molecule has 5 atom stereocenters. The first-order valence-corrected chi connectivity index (χ1v) is 10.3. The number of rotatable bonds is 6. The van der Waals surface area contributed by atoms with Gasteiger partial charge < -0.3 is 29.9 Å². The van der Waals surface area contributed by atoms with Gasteiger partial charge in [-0.1, -0.05) is 36.4 Å². The Morgan fingerprint density at radius 2 is 1.74 bits per heavy atom. The lowest BCUT2D eigenvalue weighted by Gasteiger charge is -2.39. The average molecular weight is 429 g/mol.